The van der Waals surface area contributed by atoms with Crippen molar-refractivity contribution in [2.75, 3.05) is 5.75 Å². The van der Waals surface area contributed by atoms with E-state index < -0.39 is 0 Å². The van der Waals surface area contributed by atoms with Crippen molar-refractivity contribution in [3.63, 3.8) is 0 Å². The van der Waals surface area contributed by atoms with Crippen molar-refractivity contribution in [2.24, 2.45) is 5.41 Å². The van der Waals surface area contributed by atoms with Gasteiger partial charge >= 0.3 is 0 Å². The zero-order valence-corrected chi connectivity index (χ0v) is 22.2. The number of benzene rings is 3. The number of rotatable bonds is 1. The minimum Gasteiger partial charge on any atom is -0.206 e. The molecular formula is C31H30BrFS. The molecule has 3 aromatic rings. The normalized spacial score (nSPS) is 20.4. The Morgan fingerprint density at radius 3 is 2.59 bits per heavy atom. The fraction of sp³-hybridized carbons (Fsp3) is 0.290. The van der Waals surface area contributed by atoms with Crippen LogP contribution in [0.1, 0.15) is 62.1 Å². The monoisotopic (exact) mass is 532 g/mol. The first-order chi connectivity index (χ1) is 16.5. The van der Waals surface area contributed by atoms with Crippen molar-refractivity contribution < 1.29 is 4.39 Å². The third-order valence-electron chi connectivity index (χ3n) is 7.42. The Balaban J connectivity index is 0.000000351. The molecule has 34 heavy (non-hydrogen) atoms. The summed E-state index contributed by atoms with van der Waals surface area (Å²) >= 11 is 5.23. The zero-order chi connectivity index (χ0) is 23.7. The lowest BCUT2D eigenvalue weighted by Gasteiger charge is -2.42. The van der Waals surface area contributed by atoms with Crippen LogP contribution in [0.2, 0.25) is 0 Å². The molecule has 0 bridgehead atoms. The molecule has 6 rings (SSSR count). The molecule has 3 aliphatic rings. The second kappa shape index (κ2) is 9.87. The summed E-state index contributed by atoms with van der Waals surface area (Å²) in [6.07, 6.45) is 11.0. The van der Waals surface area contributed by atoms with Gasteiger partial charge in [-0.25, -0.2) is 4.39 Å². The first kappa shape index (κ1) is 23.6. The molecule has 3 heteroatoms. The molecule has 0 N–H and O–H groups in total. The van der Waals surface area contributed by atoms with Crippen molar-refractivity contribution in [1.82, 2.24) is 0 Å². The maximum Gasteiger partial charge on any atom is 0.137 e. The van der Waals surface area contributed by atoms with Gasteiger partial charge in [0.2, 0.25) is 0 Å². The fourth-order valence-electron chi connectivity index (χ4n) is 5.71. The summed E-state index contributed by atoms with van der Waals surface area (Å²) in [7, 11) is 0. The van der Waals surface area contributed by atoms with E-state index >= 15 is 0 Å². The van der Waals surface area contributed by atoms with Gasteiger partial charge in [-0.1, -0.05) is 80.1 Å². The number of allylic oxidation sites excluding steroid dienone is 4. The van der Waals surface area contributed by atoms with Crippen molar-refractivity contribution in [1.29, 1.82) is 0 Å². The number of thioether (sulfide) groups is 1. The van der Waals surface area contributed by atoms with E-state index in [9.17, 15) is 4.39 Å². The van der Waals surface area contributed by atoms with E-state index in [-0.39, 0.29) is 17.2 Å². The van der Waals surface area contributed by atoms with Gasteiger partial charge in [0.15, 0.2) is 0 Å². The summed E-state index contributed by atoms with van der Waals surface area (Å²) < 4.78 is 14.5. The van der Waals surface area contributed by atoms with E-state index in [0.29, 0.717) is 4.47 Å². The zero-order valence-electron chi connectivity index (χ0n) is 19.8. The Kier molecular flexibility index (Phi) is 6.86. The Hall–Kier alpha value is -2.10. The second-order valence-corrected chi connectivity index (χ2v) is 11.8. The summed E-state index contributed by atoms with van der Waals surface area (Å²) in [6, 6.07) is 18.8. The summed E-state index contributed by atoms with van der Waals surface area (Å²) in [5, 5.41) is 4.71. The van der Waals surface area contributed by atoms with E-state index in [2.05, 4.69) is 83.7 Å². The van der Waals surface area contributed by atoms with Gasteiger partial charge in [-0.05, 0) is 97.6 Å². The molecule has 0 aromatic heterocycles. The summed E-state index contributed by atoms with van der Waals surface area (Å²) in [5.41, 5.74) is 7.43. The molecule has 0 nitrogen and oxygen atoms in total. The minimum absolute atomic E-state index is 0.199. The van der Waals surface area contributed by atoms with Gasteiger partial charge in [0, 0.05) is 11.7 Å². The van der Waals surface area contributed by atoms with Gasteiger partial charge < -0.3 is 0 Å². The van der Waals surface area contributed by atoms with E-state index in [1.807, 2.05) is 30.0 Å². The molecule has 1 aliphatic heterocycles. The van der Waals surface area contributed by atoms with Crippen LogP contribution in [0.5, 0.6) is 0 Å². The standard InChI is InChI=1S/C26H24BrF.C5H6S/c1-26(2)13-5-8-19-20-11-9-16-6-3-4-7-18(16)25(20)21(15-22(19)26)17-10-12-24(28)23(27)14-17;1-2-4-6-5-3-1/h3-4,6-7,9-12,14,21H,5,8,13,15H2,1-2H3;1-4H,5H2. The van der Waals surface area contributed by atoms with Gasteiger partial charge in [-0.3, -0.25) is 0 Å². The smallest absolute Gasteiger partial charge is 0.137 e. The quantitative estimate of drug-likeness (QED) is 0.300. The Labute approximate surface area is 215 Å². The van der Waals surface area contributed by atoms with Crippen LogP contribution in [0.4, 0.5) is 4.39 Å². The topological polar surface area (TPSA) is 0 Å². The van der Waals surface area contributed by atoms with Crippen LogP contribution in [0.25, 0.3) is 16.3 Å². The third kappa shape index (κ3) is 4.57. The highest BCUT2D eigenvalue weighted by Crippen LogP contribution is 2.54. The Morgan fingerprint density at radius 1 is 1.03 bits per heavy atom. The molecule has 2 aliphatic carbocycles. The first-order valence-corrected chi connectivity index (χ1v) is 13.9. The largest absolute Gasteiger partial charge is 0.206 e. The van der Waals surface area contributed by atoms with E-state index in [4.69, 9.17) is 0 Å². The molecular weight excluding hydrogens is 503 g/mol. The molecule has 0 saturated heterocycles. The highest BCUT2D eigenvalue weighted by molar-refractivity contribution is 9.10. The van der Waals surface area contributed by atoms with Crippen LogP contribution >= 0.6 is 27.7 Å². The average Bonchev–Trinajstić information content (AvgIpc) is 2.86. The highest BCUT2D eigenvalue weighted by Gasteiger charge is 2.37. The molecule has 1 atom stereocenters. The molecule has 3 aromatic carbocycles. The fourth-order valence-corrected chi connectivity index (χ4v) is 6.65. The molecule has 0 fully saturated rings. The van der Waals surface area contributed by atoms with Crippen LogP contribution in [-0.2, 0) is 0 Å². The number of hydrogen-bond donors (Lipinski definition) is 0. The summed E-state index contributed by atoms with van der Waals surface area (Å²) in [6.45, 7) is 4.79. The van der Waals surface area contributed by atoms with Gasteiger partial charge in [-0.15, -0.1) is 11.8 Å². The lowest BCUT2D eigenvalue weighted by molar-refractivity contribution is 0.362. The number of hydrogen-bond acceptors (Lipinski definition) is 1. The molecule has 0 amide bonds. The predicted octanol–water partition coefficient (Wildman–Crippen LogP) is 10.0. The lowest BCUT2D eigenvalue weighted by atomic mass is 9.62. The van der Waals surface area contributed by atoms with Crippen LogP contribution in [-0.4, -0.2) is 5.75 Å². The molecule has 1 heterocycles. The van der Waals surface area contributed by atoms with Gasteiger partial charge in [0.1, 0.15) is 5.82 Å². The van der Waals surface area contributed by atoms with Crippen molar-refractivity contribution in [3.8, 4) is 0 Å². The highest BCUT2D eigenvalue weighted by atomic mass is 79.9. The summed E-state index contributed by atoms with van der Waals surface area (Å²) in [4.78, 5) is 0. The SMILES string of the molecule is C1=CCSC=C1.CC1(C)CCCC2=C1CC(c1ccc(F)c(Br)c1)c1c2ccc2ccccc12. The first-order valence-electron chi connectivity index (χ1n) is 12.1. The van der Waals surface area contributed by atoms with E-state index in [1.54, 1.807) is 17.2 Å². The van der Waals surface area contributed by atoms with Crippen LogP contribution in [0.3, 0.4) is 0 Å². The van der Waals surface area contributed by atoms with Crippen molar-refractivity contribution >= 4 is 44.0 Å². The third-order valence-corrected chi connectivity index (χ3v) is 8.76. The van der Waals surface area contributed by atoms with E-state index in [0.717, 1.165) is 12.2 Å². The molecule has 0 spiro atoms. The molecule has 1 unspecified atom stereocenters. The predicted molar refractivity (Wildman–Crippen MR) is 150 cm³/mol. The molecule has 0 radical (unpaired) electrons. The van der Waals surface area contributed by atoms with Crippen LogP contribution in [0, 0.1) is 11.2 Å². The Bertz CT molecular complexity index is 1300. The maximum atomic E-state index is 14.0. The lowest BCUT2D eigenvalue weighted by Crippen LogP contribution is -2.26. The maximum absolute atomic E-state index is 14.0. The number of halogens is 2. The number of fused-ring (bicyclic) bond motifs is 4. The average molecular weight is 534 g/mol. The van der Waals surface area contributed by atoms with Crippen LogP contribution in [0.15, 0.2) is 88.3 Å². The molecule has 0 saturated carbocycles. The van der Waals surface area contributed by atoms with Crippen LogP contribution < -0.4 is 0 Å². The minimum atomic E-state index is -0.199. The van der Waals surface area contributed by atoms with Gasteiger partial charge in [0.05, 0.1) is 4.47 Å². The van der Waals surface area contributed by atoms with Crippen molar-refractivity contribution in [3.05, 3.63) is 111 Å². The van der Waals surface area contributed by atoms with Gasteiger partial charge in [0.25, 0.3) is 0 Å². The van der Waals surface area contributed by atoms with Crippen molar-refractivity contribution in [2.45, 2.75) is 45.4 Å². The molecule has 174 valence electrons. The van der Waals surface area contributed by atoms with Gasteiger partial charge in [-0.2, -0.15) is 0 Å². The second-order valence-electron chi connectivity index (χ2n) is 9.96. The Morgan fingerprint density at radius 2 is 1.88 bits per heavy atom. The van der Waals surface area contributed by atoms with E-state index in [1.165, 1.54) is 46.7 Å². The summed E-state index contributed by atoms with van der Waals surface area (Å²) in [5.74, 6) is 1.21.